The number of hydrogen-bond donors (Lipinski definition) is 2. The molecule has 0 aliphatic carbocycles. The van der Waals surface area contributed by atoms with E-state index in [4.69, 9.17) is 4.42 Å². The molecule has 0 saturated carbocycles. The molecule has 0 unspecified atom stereocenters. The molecule has 30 heavy (non-hydrogen) atoms. The van der Waals surface area contributed by atoms with Crippen LogP contribution in [0.3, 0.4) is 0 Å². The average molecular weight is 436 g/mol. The van der Waals surface area contributed by atoms with Crippen LogP contribution in [0.1, 0.15) is 32.7 Å². The van der Waals surface area contributed by atoms with Crippen LogP contribution in [-0.2, 0) is 12.6 Å². The minimum absolute atomic E-state index is 0.256. The topological polar surface area (TPSA) is 75.4 Å². The first-order valence-electron chi connectivity index (χ1n) is 9.01. The van der Waals surface area contributed by atoms with Gasteiger partial charge in [0.05, 0.1) is 16.8 Å². The van der Waals surface area contributed by atoms with Gasteiger partial charge in [0.25, 0.3) is 0 Å². The predicted molar refractivity (Wildman–Crippen MR) is 107 cm³/mol. The number of nitrogens with one attached hydrogen (secondary N) is 1. The summed E-state index contributed by atoms with van der Waals surface area (Å²) in [7, 11) is 0. The quantitative estimate of drug-likeness (QED) is 0.376. The molecule has 158 valence electrons. The summed E-state index contributed by atoms with van der Waals surface area (Å²) >= 11 is 1.32. The van der Waals surface area contributed by atoms with Gasteiger partial charge in [-0.2, -0.15) is 13.2 Å². The summed E-state index contributed by atoms with van der Waals surface area (Å²) < 4.78 is 46.5. The summed E-state index contributed by atoms with van der Waals surface area (Å²) in [6, 6.07) is 8.18. The molecule has 0 aliphatic heterocycles. The first-order chi connectivity index (χ1) is 14.1. The fourth-order valence-corrected chi connectivity index (χ4v) is 3.56. The van der Waals surface area contributed by atoms with Crippen LogP contribution in [0.15, 0.2) is 52.0 Å². The van der Waals surface area contributed by atoms with Crippen LogP contribution in [-0.4, -0.2) is 22.6 Å². The molecule has 0 aliphatic rings. The van der Waals surface area contributed by atoms with Gasteiger partial charge < -0.3 is 9.52 Å². The molecule has 0 radical (unpaired) electrons. The first kappa shape index (κ1) is 21.9. The van der Waals surface area contributed by atoms with Crippen molar-refractivity contribution in [2.24, 2.45) is 0 Å². The lowest BCUT2D eigenvalue weighted by molar-refractivity contribution is -0.137. The van der Waals surface area contributed by atoms with Gasteiger partial charge in [-0.25, -0.2) is 9.78 Å². The molecule has 3 rings (SSSR count). The molecular formula is C21H19F3N2O3S. The van der Waals surface area contributed by atoms with E-state index in [0.29, 0.717) is 24.2 Å². The molecule has 0 fully saturated rings. The number of aromatic nitrogens is 1. The van der Waals surface area contributed by atoms with Gasteiger partial charge in [0, 0.05) is 23.4 Å². The van der Waals surface area contributed by atoms with E-state index >= 15 is 0 Å². The van der Waals surface area contributed by atoms with Gasteiger partial charge in [-0.3, -0.25) is 4.72 Å². The second kappa shape index (κ2) is 8.93. The van der Waals surface area contributed by atoms with Crippen LogP contribution in [0.2, 0.25) is 0 Å². The van der Waals surface area contributed by atoms with Gasteiger partial charge in [0.2, 0.25) is 5.89 Å². The number of carboxylic acid groups (broad SMARTS) is 1. The highest BCUT2D eigenvalue weighted by molar-refractivity contribution is 7.97. The molecule has 0 amide bonds. The van der Waals surface area contributed by atoms with Crippen molar-refractivity contribution in [2.45, 2.75) is 31.3 Å². The van der Waals surface area contributed by atoms with Crippen molar-refractivity contribution in [1.82, 2.24) is 9.71 Å². The number of carboxylic acids is 1. The summed E-state index contributed by atoms with van der Waals surface area (Å²) in [6.45, 7) is 4.18. The number of oxazole rings is 1. The van der Waals surface area contributed by atoms with E-state index in [-0.39, 0.29) is 11.5 Å². The van der Waals surface area contributed by atoms with Crippen LogP contribution in [0.25, 0.3) is 11.5 Å². The Balaban J connectivity index is 1.56. The van der Waals surface area contributed by atoms with Crippen molar-refractivity contribution in [1.29, 1.82) is 0 Å². The van der Waals surface area contributed by atoms with Crippen LogP contribution in [0.5, 0.6) is 0 Å². The summed E-state index contributed by atoms with van der Waals surface area (Å²) in [5.41, 5.74) is 2.31. The van der Waals surface area contributed by atoms with Gasteiger partial charge in [0.1, 0.15) is 6.26 Å². The molecular weight excluding hydrogens is 417 g/mol. The third-order valence-corrected chi connectivity index (χ3v) is 5.38. The van der Waals surface area contributed by atoms with E-state index in [2.05, 4.69) is 9.71 Å². The van der Waals surface area contributed by atoms with Crippen molar-refractivity contribution in [3.8, 4) is 11.5 Å². The fourth-order valence-electron chi connectivity index (χ4n) is 2.78. The largest absolute Gasteiger partial charge is 0.478 e. The molecule has 5 nitrogen and oxygen atoms in total. The molecule has 2 aromatic carbocycles. The zero-order chi connectivity index (χ0) is 21.9. The number of alkyl halides is 3. The van der Waals surface area contributed by atoms with Gasteiger partial charge in [-0.1, -0.05) is 0 Å². The second-order valence-electron chi connectivity index (χ2n) is 6.68. The van der Waals surface area contributed by atoms with Crippen molar-refractivity contribution in [2.75, 3.05) is 6.54 Å². The molecule has 1 heterocycles. The van der Waals surface area contributed by atoms with E-state index < -0.39 is 17.7 Å². The zero-order valence-electron chi connectivity index (χ0n) is 16.2. The molecule has 0 bridgehead atoms. The maximum absolute atomic E-state index is 12.6. The minimum atomic E-state index is -4.38. The van der Waals surface area contributed by atoms with Gasteiger partial charge >= 0.3 is 12.1 Å². The normalized spacial score (nSPS) is 11.6. The molecule has 9 heteroatoms. The van der Waals surface area contributed by atoms with Crippen LogP contribution in [0.4, 0.5) is 13.2 Å². The maximum atomic E-state index is 12.6. The third kappa shape index (κ3) is 5.22. The molecule has 1 aromatic heterocycles. The minimum Gasteiger partial charge on any atom is -0.478 e. The van der Waals surface area contributed by atoms with Crippen molar-refractivity contribution < 1.29 is 27.5 Å². The monoisotopic (exact) mass is 436 g/mol. The molecule has 2 N–H and O–H groups in total. The second-order valence-corrected chi connectivity index (χ2v) is 7.65. The highest BCUT2D eigenvalue weighted by Gasteiger charge is 2.30. The maximum Gasteiger partial charge on any atom is 0.416 e. The summed E-state index contributed by atoms with van der Waals surface area (Å²) in [4.78, 5) is 16.4. The Bertz CT molecular complexity index is 1050. The number of halogens is 3. The lowest BCUT2D eigenvalue weighted by Crippen LogP contribution is -2.09. The van der Waals surface area contributed by atoms with Crippen LogP contribution >= 0.6 is 11.9 Å². The Hall–Kier alpha value is -2.78. The van der Waals surface area contributed by atoms with Gasteiger partial charge in [-0.05, 0) is 73.3 Å². The van der Waals surface area contributed by atoms with E-state index in [9.17, 15) is 23.1 Å². The summed E-state index contributed by atoms with van der Waals surface area (Å²) in [6.07, 6.45) is -2.38. The zero-order valence-corrected chi connectivity index (χ0v) is 17.0. The standard InChI is InChI=1S/C21H19F3N2O3S/c1-12-9-17(10-18(13(12)2)20(27)28)30-25-8-7-16-11-29-19(26-16)14-3-5-15(6-4-14)21(22,23)24/h3-6,9-11,25H,7-8H2,1-2H3,(H,27,28). The number of carbonyl (C=O) groups is 1. The van der Waals surface area contributed by atoms with Crippen molar-refractivity contribution in [3.05, 3.63) is 70.6 Å². The lowest BCUT2D eigenvalue weighted by atomic mass is 10.0. The average Bonchev–Trinajstić information content (AvgIpc) is 3.16. The van der Waals surface area contributed by atoms with Gasteiger partial charge in [0.15, 0.2) is 0 Å². The Morgan fingerprint density at radius 2 is 1.90 bits per heavy atom. The molecule has 0 atom stereocenters. The number of hydrogen-bond acceptors (Lipinski definition) is 5. The number of aromatic carboxylic acids is 1. The van der Waals surface area contributed by atoms with E-state index in [1.165, 1.54) is 30.3 Å². The van der Waals surface area contributed by atoms with E-state index in [1.807, 2.05) is 13.0 Å². The molecule has 0 saturated heterocycles. The first-order valence-corrected chi connectivity index (χ1v) is 9.83. The fraction of sp³-hybridized carbons (Fsp3) is 0.238. The van der Waals surface area contributed by atoms with Crippen LogP contribution in [0, 0.1) is 13.8 Å². The Morgan fingerprint density at radius 1 is 1.20 bits per heavy atom. The Kier molecular flexibility index (Phi) is 6.52. The highest BCUT2D eigenvalue weighted by Crippen LogP contribution is 2.31. The third-order valence-electron chi connectivity index (χ3n) is 4.56. The van der Waals surface area contributed by atoms with E-state index in [1.54, 1.807) is 13.0 Å². The summed E-state index contributed by atoms with van der Waals surface area (Å²) in [5.74, 6) is -0.705. The van der Waals surface area contributed by atoms with Gasteiger partial charge in [-0.15, -0.1) is 0 Å². The smallest absolute Gasteiger partial charge is 0.416 e. The SMILES string of the molecule is Cc1cc(SNCCc2coc(-c3ccc(C(F)(F)F)cc3)n2)cc(C(=O)O)c1C. The molecule has 3 aromatic rings. The number of aryl methyl sites for hydroxylation is 1. The number of nitrogens with zero attached hydrogens (tertiary/aromatic N) is 1. The van der Waals surface area contributed by atoms with E-state index in [0.717, 1.165) is 28.2 Å². The number of rotatable bonds is 7. The van der Waals surface area contributed by atoms with Crippen molar-refractivity contribution >= 4 is 17.9 Å². The summed E-state index contributed by atoms with van der Waals surface area (Å²) in [5, 5.41) is 9.28. The predicted octanol–water partition coefficient (Wildman–Crippen LogP) is 5.51. The lowest BCUT2D eigenvalue weighted by Gasteiger charge is -2.09. The Labute approximate surface area is 175 Å². The highest BCUT2D eigenvalue weighted by atomic mass is 32.2. The Morgan fingerprint density at radius 3 is 2.53 bits per heavy atom. The van der Waals surface area contributed by atoms with Crippen LogP contribution < -0.4 is 4.72 Å². The molecule has 0 spiro atoms. The number of benzene rings is 2. The van der Waals surface area contributed by atoms with Crippen molar-refractivity contribution in [3.63, 3.8) is 0 Å².